The molecule has 2 rings (SSSR count). The summed E-state index contributed by atoms with van der Waals surface area (Å²) in [6, 6.07) is 9.80. The first-order chi connectivity index (χ1) is 13.8. The summed E-state index contributed by atoms with van der Waals surface area (Å²) >= 11 is 0. The maximum atomic E-state index is 12.3. The van der Waals surface area contributed by atoms with Gasteiger partial charge in [-0.15, -0.1) is 24.0 Å². The number of benzene rings is 1. The van der Waals surface area contributed by atoms with Crippen molar-refractivity contribution >= 4 is 36.0 Å². The molecule has 0 bridgehead atoms. The zero-order chi connectivity index (χ0) is 21.3. The van der Waals surface area contributed by atoms with E-state index in [4.69, 9.17) is 9.47 Å². The molecule has 0 aliphatic carbocycles. The fourth-order valence-corrected chi connectivity index (χ4v) is 3.27. The molecule has 0 radical (unpaired) electrons. The predicted octanol–water partition coefficient (Wildman–Crippen LogP) is 3.84. The Kier molecular flexibility index (Phi) is 11.3. The Bertz CT molecular complexity index is 664. The third-order valence-electron chi connectivity index (χ3n) is 4.73. The van der Waals surface area contributed by atoms with Gasteiger partial charge in [-0.2, -0.15) is 0 Å². The Morgan fingerprint density at radius 1 is 1.30 bits per heavy atom. The van der Waals surface area contributed by atoms with E-state index in [1.165, 1.54) is 0 Å². The molecule has 1 atom stereocenters. The molecule has 0 saturated carbocycles. The average Bonchev–Trinajstić information content (AvgIpc) is 2.68. The van der Waals surface area contributed by atoms with Gasteiger partial charge in [-0.05, 0) is 51.7 Å². The number of likely N-dealkylation sites (tertiary alicyclic amines) is 1. The molecule has 170 valence electrons. The number of aliphatic imine (C=N–C) groups is 1. The molecule has 1 heterocycles. The summed E-state index contributed by atoms with van der Waals surface area (Å²) in [6.45, 7) is 9.24. The number of para-hydroxylation sites is 1. The van der Waals surface area contributed by atoms with Crippen LogP contribution in [0.5, 0.6) is 5.75 Å². The van der Waals surface area contributed by atoms with E-state index in [2.05, 4.69) is 15.2 Å². The lowest BCUT2D eigenvalue weighted by molar-refractivity contribution is 0.0168. The van der Waals surface area contributed by atoms with Crippen molar-refractivity contribution in [2.75, 3.05) is 46.9 Å². The van der Waals surface area contributed by atoms with Gasteiger partial charge >= 0.3 is 6.09 Å². The summed E-state index contributed by atoms with van der Waals surface area (Å²) in [7, 11) is 3.78. The highest BCUT2D eigenvalue weighted by Crippen LogP contribution is 2.19. The lowest BCUT2D eigenvalue weighted by atomic mass is 9.98. The molecule has 1 saturated heterocycles. The number of guanidine groups is 1. The number of nitrogens with one attached hydrogen (secondary N) is 1. The van der Waals surface area contributed by atoms with Crippen LogP contribution in [0, 0.1) is 5.92 Å². The number of likely N-dealkylation sites (N-methyl/N-ethyl adjacent to an activating group) is 1. The topological polar surface area (TPSA) is 66.4 Å². The molecular weight excluding hydrogens is 495 g/mol. The summed E-state index contributed by atoms with van der Waals surface area (Å²) in [4.78, 5) is 20.6. The third kappa shape index (κ3) is 9.40. The fraction of sp³-hybridized carbons (Fsp3) is 0.636. The van der Waals surface area contributed by atoms with Crippen LogP contribution in [0.15, 0.2) is 35.3 Å². The zero-order valence-corrected chi connectivity index (χ0v) is 21.2. The van der Waals surface area contributed by atoms with Gasteiger partial charge in [0.15, 0.2) is 5.96 Å². The smallest absolute Gasteiger partial charge is 0.410 e. The molecule has 1 unspecified atom stereocenters. The number of halogens is 1. The molecule has 1 aliphatic rings. The maximum absolute atomic E-state index is 12.3. The second kappa shape index (κ2) is 12.9. The van der Waals surface area contributed by atoms with Gasteiger partial charge in [0, 0.05) is 33.7 Å². The second-order valence-corrected chi connectivity index (χ2v) is 8.45. The molecule has 0 aromatic heterocycles. The Labute approximate surface area is 198 Å². The fourth-order valence-electron chi connectivity index (χ4n) is 3.27. The summed E-state index contributed by atoms with van der Waals surface area (Å²) in [6.07, 6.45) is 1.86. The second-order valence-electron chi connectivity index (χ2n) is 8.45. The molecule has 8 heteroatoms. The third-order valence-corrected chi connectivity index (χ3v) is 4.73. The standard InChI is InChI=1S/C22H36N4O3.HI/c1-22(2,3)29-21(27)26-13-9-10-18(17-26)16-24-20(23-4)25(5)14-15-28-19-11-7-6-8-12-19;/h6-8,11-12,18H,9-10,13-17H2,1-5H3,(H,23,24);1H. The van der Waals surface area contributed by atoms with Crippen LogP contribution in [0.4, 0.5) is 4.79 Å². The molecule has 30 heavy (non-hydrogen) atoms. The summed E-state index contributed by atoms with van der Waals surface area (Å²) < 4.78 is 11.3. The van der Waals surface area contributed by atoms with Gasteiger partial charge in [-0.25, -0.2) is 4.79 Å². The number of nitrogens with zero attached hydrogens (tertiary/aromatic N) is 3. The monoisotopic (exact) mass is 532 g/mol. The number of hydrogen-bond acceptors (Lipinski definition) is 4. The van der Waals surface area contributed by atoms with E-state index < -0.39 is 5.60 Å². The van der Waals surface area contributed by atoms with E-state index in [1.807, 2.05) is 63.1 Å². The van der Waals surface area contributed by atoms with E-state index in [-0.39, 0.29) is 30.1 Å². The van der Waals surface area contributed by atoms with Gasteiger partial charge in [0.05, 0.1) is 6.54 Å². The molecule has 1 aromatic carbocycles. The van der Waals surface area contributed by atoms with Crippen molar-refractivity contribution in [3.63, 3.8) is 0 Å². The van der Waals surface area contributed by atoms with Crippen molar-refractivity contribution in [3.05, 3.63) is 30.3 Å². The van der Waals surface area contributed by atoms with Gasteiger partial charge < -0.3 is 24.6 Å². The maximum Gasteiger partial charge on any atom is 0.410 e. The highest BCUT2D eigenvalue weighted by atomic mass is 127. The lowest BCUT2D eigenvalue weighted by Gasteiger charge is -2.34. The average molecular weight is 532 g/mol. The van der Waals surface area contributed by atoms with Crippen LogP contribution in [0.3, 0.4) is 0 Å². The van der Waals surface area contributed by atoms with Crippen LogP contribution >= 0.6 is 24.0 Å². The summed E-state index contributed by atoms with van der Waals surface area (Å²) in [5.74, 6) is 2.08. The number of carbonyl (C=O) groups is 1. The molecular formula is C22H37IN4O3. The van der Waals surface area contributed by atoms with Gasteiger partial charge in [0.2, 0.25) is 0 Å². The van der Waals surface area contributed by atoms with Crippen LogP contribution in [0.25, 0.3) is 0 Å². The molecule has 7 nitrogen and oxygen atoms in total. The zero-order valence-electron chi connectivity index (χ0n) is 18.9. The minimum absolute atomic E-state index is 0. The number of piperidine rings is 1. The Hall–Kier alpha value is -1.71. The summed E-state index contributed by atoms with van der Waals surface area (Å²) in [5.41, 5.74) is -0.463. The van der Waals surface area contributed by atoms with Crippen molar-refractivity contribution in [1.82, 2.24) is 15.1 Å². The molecule has 1 N–H and O–H groups in total. The number of carbonyl (C=O) groups excluding carboxylic acids is 1. The Balaban J connectivity index is 0.00000450. The number of ether oxygens (including phenoxy) is 2. The first-order valence-corrected chi connectivity index (χ1v) is 10.4. The first-order valence-electron chi connectivity index (χ1n) is 10.4. The van der Waals surface area contributed by atoms with E-state index in [0.717, 1.165) is 44.2 Å². The van der Waals surface area contributed by atoms with E-state index in [0.29, 0.717) is 19.1 Å². The molecule has 1 amide bonds. The molecule has 1 aromatic rings. The van der Waals surface area contributed by atoms with E-state index in [1.54, 1.807) is 7.05 Å². The minimum atomic E-state index is -0.463. The van der Waals surface area contributed by atoms with Crippen LogP contribution in [0.1, 0.15) is 33.6 Å². The molecule has 1 fully saturated rings. The highest BCUT2D eigenvalue weighted by molar-refractivity contribution is 14.0. The quantitative estimate of drug-likeness (QED) is 0.343. The van der Waals surface area contributed by atoms with Crippen LogP contribution in [-0.2, 0) is 4.74 Å². The lowest BCUT2D eigenvalue weighted by Crippen LogP contribution is -2.47. The SMILES string of the molecule is CN=C(NCC1CCCN(C(=O)OC(C)(C)C)C1)N(C)CCOc1ccccc1.I. The van der Waals surface area contributed by atoms with Crippen molar-refractivity contribution in [1.29, 1.82) is 0 Å². The van der Waals surface area contributed by atoms with Gasteiger partial charge in [0.25, 0.3) is 0 Å². The largest absolute Gasteiger partial charge is 0.492 e. The van der Waals surface area contributed by atoms with Crippen LogP contribution in [-0.4, -0.2) is 74.3 Å². The van der Waals surface area contributed by atoms with Gasteiger partial charge in [0.1, 0.15) is 18.0 Å². The number of amides is 1. The van der Waals surface area contributed by atoms with Gasteiger partial charge in [-0.1, -0.05) is 18.2 Å². The van der Waals surface area contributed by atoms with Crippen molar-refractivity contribution < 1.29 is 14.3 Å². The summed E-state index contributed by atoms with van der Waals surface area (Å²) in [5, 5.41) is 3.44. The number of hydrogen-bond donors (Lipinski definition) is 1. The normalized spacial score (nSPS) is 17.0. The first kappa shape index (κ1) is 26.3. The predicted molar refractivity (Wildman–Crippen MR) is 132 cm³/mol. The molecule has 0 spiro atoms. The highest BCUT2D eigenvalue weighted by Gasteiger charge is 2.27. The minimum Gasteiger partial charge on any atom is -0.492 e. The Morgan fingerprint density at radius 3 is 2.63 bits per heavy atom. The van der Waals surface area contributed by atoms with E-state index >= 15 is 0 Å². The van der Waals surface area contributed by atoms with Crippen molar-refractivity contribution in [2.24, 2.45) is 10.9 Å². The molecule has 1 aliphatic heterocycles. The van der Waals surface area contributed by atoms with Crippen LogP contribution in [0.2, 0.25) is 0 Å². The van der Waals surface area contributed by atoms with E-state index in [9.17, 15) is 4.79 Å². The Morgan fingerprint density at radius 2 is 2.00 bits per heavy atom. The van der Waals surface area contributed by atoms with Crippen LogP contribution < -0.4 is 10.1 Å². The van der Waals surface area contributed by atoms with Gasteiger partial charge in [-0.3, -0.25) is 4.99 Å². The van der Waals surface area contributed by atoms with Crippen molar-refractivity contribution in [2.45, 2.75) is 39.2 Å². The number of rotatable bonds is 6. The van der Waals surface area contributed by atoms with Crippen molar-refractivity contribution in [3.8, 4) is 5.75 Å².